The van der Waals surface area contributed by atoms with Gasteiger partial charge in [0.2, 0.25) is 0 Å². The number of rotatable bonds is 4. The number of hydrogen-bond acceptors (Lipinski definition) is 3. The Labute approximate surface area is 122 Å². The minimum atomic E-state index is 0.776. The van der Waals surface area contributed by atoms with Crippen LogP contribution in [0.4, 0.5) is 0 Å². The average molecular weight is 273 g/mol. The van der Waals surface area contributed by atoms with Gasteiger partial charge in [-0.15, -0.1) is 0 Å². The lowest BCUT2D eigenvalue weighted by atomic mass is 9.89. The molecule has 2 aliphatic rings. The van der Waals surface area contributed by atoms with Crippen molar-refractivity contribution in [2.45, 2.75) is 25.2 Å². The maximum atomic E-state index is 3.44. The van der Waals surface area contributed by atoms with Crippen molar-refractivity contribution in [3.8, 4) is 0 Å². The van der Waals surface area contributed by atoms with Crippen LogP contribution in [0.3, 0.4) is 0 Å². The first-order valence-corrected chi connectivity index (χ1v) is 8.14. The van der Waals surface area contributed by atoms with Gasteiger partial charge in [-0.1, -0.05) is 24.3 Å². The molecule has 0 aliphatic carbocycles. The van der Waals surface area contributed by atoms with E-state index in [0.29, 0.717) is 0 Å². The first kappa shape index (κ1) is 14.1. The molecule has 0 saturated carbocycles. The van der Waals surface area contributed by atoms with E-state index in [2.05, 4.69) is 39.8 Å². The second-order valence-corrected chi connectivity index (χ2v) is 6.11. The van der Waals surface area contributed by atoms with E-state index in [1.54, 1.807) is 0 Å². The minimum Gasteiger partial charge on any atom is -0.317 e. The number of nitrogens with one attached hydrogen (secondary N) is 2. The fraction of sp³-hybridized carbons (Fsp3) is 0.647. The zero-order chi connectivity index (χ0) is 13.6. The molecule has 2 aliphatic heterocycles. The zero-order valence-electron chi connectivity index (χ0n) is 12.4. The number of piperidine rings is 1. The molecule has 0 radical (unpaired) electrons. The van der Waals surface area contributed by atoms with Gasteiger partial charge in [-0.05, 0) is 49.4 Å². The molecule has 2 saturated heterocycles. The van der Waals surface area contributed by atoms with E-state index in [4.69, 9.17) is 0 Å². The molecule has 3 rings (SSSR count). The van der Waals surface area contributed by atoms with Crippen LogP contribution < -0.4 is 10.6 Å². The Bertz CT molecular complexity index is 389. The van der Waals surface area contributed by atoms with E-state index in [1.165, 1.54) is 63.1 Å². The Morgan fingerprint density at radius 2 is 1.55 bits per heavy atom. The second-order valence-electron chi connectivity index (χ2n) is 6.11. The lowest BCUT2D eigenvalue weighted by Crippen LogP contribution is -2.44. The molecule has 3 nitrogen and oxygen atoms in total. The van der Waals surface area contributed by atoms with Crippen molar-refractivity contribution in [2.24, 2.45) is 0 Å². The zero-order valence-corrected chi connectivity index (χ0v) is 12.4. The van der Waals surface area contributed by atoms with E-state index in [0.717, 1.165) is 19.0 Å². The standard InChI is InChI=1S/C17H27N3/c1-3-16(17-5-8-18-9-6-17)4-2-15(1)7-12-20-13-10-19-11-14-20/h1-4,17-19H,5-14H2. The van der Waals surface area contributed by atoms with Crippen LogP contribution in [0.1, 0.15) is 29.9 Å². The Kier molecular flexibility index (Phi) is 5.06. The van der Waals surface area contributed by atoms with Crippen LogP contribution >= 0.6 is 0 Å². The SMILES string of the molecule is c1cc(C2CCNCC2)ccc1CCN1CCNCC1. The first-order valence-electron chi connectivity index (χ1n) is 8.14. The average Bonchev–Trinajstić information content (AvgIpc) is 2.55. The first-order chi connectivity index (χ1) is 9.92. The molecule has 0 bridgehead atoms. The van der Waals surface area contributed by atoms with Gasteiger partial charge >= 0.3 is 0 Å². The summed E-state index contributed by atoms with van der Waals surface area (Å²) in [5, 5.41) is 6.85. The molecule has 0 amide bonds. The molecule has 0 unspecified atom stereocenters. The van der Waals surface area contributed by atoms with Gasteiger partial charge in [0.15, 0.2) is 0 Å². The van der Waals surface area contributed by atoms with Gasteiger partial charge in [0, 0.05) is 32.7 Å². The van der Waals surface area contributed by atoms with Gasteiger partial charge in [-0.25, -0.2) is 0 Å². The number of nitrogens with zero attached hydrogens (tertiary/aromatic N) is 1. The highest BCUT2D eigenvalue weighted by atomic mass is 15.2. The molecule has 2 fully saturated rings. The summed E-state index contributed by atoms with van der Waals surface area (Å²) in [6, 6.07) is 9.42. The summed E-state index contributed by atoms with van der Waals surface area (Å²) in [5.41, 5.74) is 3.03. The monoisotopic (exact) mass is 273 g/mol. The van der Waals surface area contributed by atoms with Crippen molar-refractivity contribution < 1.29 is 0 Å². The van der Waals surface area contributed by atoms with E-state index in [1.807, 2.05) is 0 Å². The largest absolute Gasteiger partial charge is 0.317 e. The van der Waals surface area contributed by atoms with Crippen molar-refractivity contribution in [1.29, 1.82) is 0 Å². The lowest BCUT2D eigenvalue weighted by molar-refractivity contribution is 0.244. The highest BCUT2D eigenvalue weighted by Gasteiger charge is 2.15. The lowest BCUT2D eigenvalue weighted by Gasteiger charge is -2.27. The van der Waals surface area contributed by atoms with Gasteiger partial charge < -0.3 is 15.5 Å². The maximum Gasteiger partial charge on any atom is 0.0108 e. The normalized spacial score (nSPS) is 22.0. The van der Waals surface area contributed by atoms with Crippen LogP contribution in [-0.4, -0.2) is 50.7 Å². The molecule has 0 spiro atoms. The summed E-state index contributed by atoms with van der Waals surface area (Å²) in [6.07, 6.45) is 3.77. The van der Waals surface area contributed by atoms with Crippen LogP contribution in [0.2, 0.25) is 0 Å². The number of hydrogen-bond donors (Lipinski definition) is 2. The smallest absolute Gasteiger partial charge is 0.0108 e. The van der Waals surface area contributed by atoms with E-state index in [-0.39, 0.29) is 0 Å². The van der Waals surface area contributed by atoms with Crippen LogP contribution in [0.5, 0.6) is 0 Å². The Morgan fingerprint density at radius 1 is 0.900 bits per heavy atom. The summed E-state index contributed by atoms with van der Waals surface area (Å²) in [4.78, 5) is 2.57. The number of piperazine rings is 1. The Morgan fingerprint density at radius 3 is 2.25 bits per heavy atom. The number of benzene rings is 1. The van der Waals surface area contributed by atoms with Gasteiger partial charge in [-0.2, -0.15) is 0 Å². The molecule has 0 aromatic heterocycles. The fourth-order valence-corrected chi connectivity index (χ4v) is 3.33. The van der Waals surface area contributed by atoms with Crippen molar-refractivity contribution in [2.75, 3.05) is 45.8 Å². The summed E-state index contributed by atoms with van der Waals surface area (Å²) < 4.78 is 0. The minimum absolute atomic E-state index is 0.776. The van der Waals surface area contributed by atoms with E-state index in [9.17, 15) is 0 Å². The van der Waals surface area contributed by atoms with Crippen LogP contribution in [-0.2, 0) is 6.42 Å². The quantitative estimate of drug-likeness (QED) is 0.872. The molecule has 20 heavy (non-hydrogen) atoms. The maximum absolute atomic E-state index is 3.44. The highest BCUT2D eigenvalue weighted by molar-refractivity contribution is 5.26. The summed E-state index contributed by atoms with van der Waals surface area (Å²) in [7, 11) is 0. The van der Waals surface area contributed by atoms with Crippen molar-refractivity contribution in [3.63, 3.8) is 0 Å². The molecular weight excluding hydrogens is 246 g/mol. The third-order valence-electron chi connectivity index (χ3n) is 4.72. The Hall–Kier alpha value is -0.900. The molecule has 3 heteroatoms. The molecule has 1 aromatic rings. The molecule has 2 N–H and O–H groups in total. The van der Waals surface area contributed by atoms with Crippen LogP contribution in [0.15, 0.2) is 24.3 Å². The highest BCUT2D eigenvalue weighted by Crippen LogP contribution is 2.25. The van der Waals surface area contributed by atoms with Crippen LogP contribution in [0, 0.1) is 0 Å². The fourth-order valence-electron chi connectivity index (χ4n) is 3.33. The van der Waals surface area contributed by atoms with Gasteiger partial charge in [-0.3, -0.25) is 0 Å². The molecular formula is C17H27N3. The van der Waals surface area contributed by atoms with Gasteiger partial charge in [0.05, 0.1) is 0 Å². The van der Waals surface area contributed by atoms with Crippen molar-refractivity contribution in [1.82, 2.24) is 15.5 Å². The summed E-state index contributed by atoms with van der Waals surface area (Å²) in [6.45, 7) is 8.25. The van der Waals surface area contributed by atoms with Crippen molar-refractivity contribution >= 4 is 0 Å². The predicted molar refractivity (Wildman–Crippen MR) is 84.3 cm³/mol. The predicted octanol–water partition coefficient (Wildman–Crippen LogP) is 1.60. The third kappa shape index (κ3) is 3.81. The summed E-state index contributed by atoms with van der Waals surface area (Å²) in [5.74, 6) is 0.776. The Balaban J connectivity index is 1.50. The topological polar surface area (TPSA) is 27.3 Å². The van der Waals surface area contributed by atoms with E-state index >= 15 is 0 Å². The van der Waals surface area contributed by atoms with Gasteiger partial charge in [0.1, 0.15) is 0 Å². The third-order valence-corrected chi connectivity index (χ3v) is 4.72. The van der Waals surface area contributed by atoms with Gasteiger partial charge in [0.25, 0.3) is 0 Å². The molecule has 110 valence electrons. The molecule has 1 aromatic carbocycles. The second kappa shape index (κ2) is 7.21. The molecule has 2 heterocycles. The summed E-state index contributed by atoms with van der Waals surface area (Å²) >= 11 is 0. The van der Waals surface area contributed by atoms with E-state index < -0.39 is 0 Å². The van der Waals surface area contributed by atoms with Crippen molar-refractivity contribution in [3.05, 3.63) is 35.4 Å². The van der Waals surface area contributed by atoms with Crippen LogP contribution in [0.25, 0.3) is 0 Å². The molecule has 0 atom stereocenters.